The molecular formula is C23H30FN3O4. The fourth-order valence-electron chi connectivity index (χ4n) is 4.36. The number of piperidine rings is 1. The third-order valence-corrected chi connectivity index (χ3v) is 6.27. The first kappa shape index (κ1) is 21.7. The highest BCUT2D eigenvalue weighted by Crippen LogP contribution is 2.39. The largest absolute Gasteiger partial charge is 0.353 e. The Kier molecular flexibility index (Phi) is 5.54. The molecule has 168 valence electrons. The summed E-state index contributed by atoms with van der Waals surface area (Å²) in [5.74, 6) is -0.951. The van der Waals surface area contributed by atoms with Crippen LogP contribution < -0.4 is 5.32 Å². The number of benzene rings is 1. The van der Waals surface area contributed by atoms with E-state index in [9.17, 15) is 18.8 Å². The van der Waals surface area contributed by atoms with Crippen LogP contribution >= 0.6 is 0 Å². The first-order valence-electron chi connectivity index (χ1n) is 10.9. The van der Waals surface area contributed by atoms with Crippen molar-refractivity contribution in [1.82, 2.24) is 15.1 Å². The monoisotopic (exact) mass is 431 g/mol. The first-order valence-corrected chi connectivity index (χ1v) is 10.9. The molecule has 3 aliphatic rings. The van der Waals surface area contributed by atoms with Crippen molar-refractivity contribution >= 4 is 17.7 Å². The summed E-state index contributed by atoms with van der Waals surface area (Å²) in [6.07, 6.45) is 2.74. The van der Waals surface area contributed by atoms with E-state index in [0.29, 0.717) is 31.5 Å². The molecule has 2 saturated heterocycles. The van der Waals surface area contributed by atoms with Gasteiger partial charge in [-0.25, -0.2) is 4.39 Å². The average Bonchev–Trinajstić information content (AvgIpc) is 3.47. The van der Waals surface area contributed by atoms with Crippen LogP contribution in [0, 0.1) is 11.2 Å². The highest BCUT2D eigenvalue weighted by atomic mass is 19.1. The Labute approximate surface area is 181 Å². The van der Waals surface area contributed by atoms with E-state index in [0.717, 1.165) is 12.8 Å². The lowest BCUT2D eigenvalue weighted by atomic mass is 9.91. The molecule has 8 heteroatoms. The van der Waals surface area contributed by atoms with Crippen molar-refractivity contribution in [2.75, 3.05) is 19.7 Å². The van der Waals surface area contributed by atoms with E-state index in [4.69, 9.17) is 4.74 Å². The van der Waals surface area contributed by atoms with Crippen LogP contribution in [0.25, 0.3) is 0 Å². The van der Waals surface area contributed by atoms with Crippen LogP contribution in [0.5, 0.6) is 0 Å². The second-order valence-electron chi connectivity index (χ2n) is 9.78. The molecule has 7 nitrogen and oxygen atoms in total. The summed E-state index contributed by atoms with van der Waals surface area (Å²) in [4.78, 5) is 42.4. The van der Waals surface area contributed by atoms with Gasteiger partial charge in [0.15, 0.2) is 0 Å². The summed E-state index contributed by atoms with van der Waals surface area (Å²) in [5.41, 5.74) is -1.13. The number of hydrogen-bond acceptors (Lipinski definition) is 4. The third kappa shape index (κ3) is 4.31. The van der Waals surface area contributed by atoms with E-state index in [1.165, 1.54) is 29.2 Å². The molecule has 4 rings (SSSR count). The summed E-state index contributed by atoms with van der Waals surface area (Å²) < 4.78 is 19.5. The topological polar surface area (TPSA) is 79.0 Å². The minimum atomic E-state index is -0.953. The van der Waals surface area contributed by atoms with Gasteiger partial charge in [-0.05, 0) is 37.1 Å². The van der Waals surface area contributed by atoms with Gasteiger partial charge in [0, 0.05) is 43.0 Å². The quantitative estimate of drug-likeness (QED) is 0.797. The highest BCUT2D eigenvalue weighted by molar-refractivity contribution is 5.98. The zero-order valence-corrected chi connectivity index (χ0v) is 18.3. The van der Waals surface area contributed by atoms with Gasteiger partial charge in [-0.15, -0.1) is 0 Å². The molecule has 2 heterocycles. The lowest BCUT2D eigenvalue weighted by molar-refractivity contribution is -0.150. The van der Waals surface area contributed by atoms with Crippen LogP contribution in [0.2, 0.25) is 0 Å². The van der Waals surface area contributed by atoms with Crippen LogP contribution in [-0.4, -0.2) is 65.0 Å². The normalized spacial score (nSPS) is 23.2. The van der Waals surface area contributed by atoms with Crippen LogP contribution in [0.15, 0.2) is 24.3 Å². The van der Waals surface area contributed by atoms with Crippen LogP contribution in [0.4, 0.5) is 4.39 Å². The van der Waals surface area contributed by atoms with Crippen molar-refractivity contribution in [3.63, 3.8) is 0 Å². The maximum atomic E-state index is 13.5. The maximum absolute atomic E-state index is 13.5. The summed E-state index contributed by atoms with van der Waals surface area (Å²) in [6, 6.07) is 4.75. The van der Waals surface area contributed by atoms with E-state index < -0.39 is 23.0 Å². The molecule has 1 aromatic rings. The second kappa shape index (κ2) is 7.89. The fraction of sp³-hybridized carbons (Fsp3) is 0.609. The Balaban J connectivity index is 1.58. The van der Waals surface area contributed by atoms with Crippen molar-refractivity contribution in [3.8, 4) is 0 Å². The Bertz CT molecular complexity index is 868. The molecule has 1 N–H and O–H groups in total. The molecule has 1 aliphatic carbocycles. The Morgan fingerprint density at radius 1 is 1.10 bits per heavy atom. The Morgan fingerprint density at radius 2 is 1.71 bits per heavy atom. The van der Waals surface area contributed by atoms with Crippen LogP contribution in [0.1, 0.15) is 56.8 Å². The molecule has 1 saturated carbocycles. The van der Waals surface area contributed by atoms with Crippen molar-refractivity contribution < 1.29 is 23.5 Å². The lowest BCUT2D eigenvalue weighted by Crippen LogP contribution is -2.60. The molecule has 1 spiro atoms. The molecule has 0 aromatic heterocycles. The van der Waals surface area contributed by atoms with Gasteiger partial charge in [-0.3, -0.25) is 19.3 Å². The number of carbonyl (C=O) groups excluding carboxylic acids is 3. The predicted molar refractivity (Wildman–Crippen MR) is 111 cm³/mol. The van der Waals surface area contributed by atoms with Gasteiger partial charge in [-0.2, -0.15) is 0 Å². The summed E-state index contributed by atoms with van der Waals surface area (Å²) in [7, 11) is 0. The molecule has 2 aliphatic heterocycles. The van der Waals surface area contributed by atoms with Crippen LogP contribution in [0.3, 0.4) is 0 Å². The molecule has 1 aromatic carbocycles. The predicted octanol–water partition coefficient (Wildman–Crippen LogP) is 2.31. The van der Waals surface area contributed by atoms with Gasteiger partial charge in [0.25, 0.3) is 5.91 Å². The van der Waals surface area contributed by atoms with Gasteiger partial charge in [-0.1, -0.05) is 20.8 Å². The lowest BCUT2D eigenvalue weighted by Gasteiger charge is -2.45. The Morgan fingerprint density at radius 3 is 2.26 bits per heavy atom. The van der Waals surface area contributed by atoms with E-state index in [2.05, 4.69) is 5.32 Å². The first-order chi connectivity index (χ1) is 14.6. The van der Waals surface area contributed by atoms with Gasteiger partial charge in [0.2, 0.25) is 11.8 Å². The summed E-state index contributed by atoms with van der Waals surface area (Å²) >= 11 is 0. The van der Waals surface area contributed by atoms with Gasteiger partial charge in [0.05, 0.1) is 6.61 Å². The third-order valence-electron chi connectivity index (χ3n) is 6.27. The smallest absolute Gasteiger partial charge is 0.256 e. The van der Waals surface area contributed by atoms with E-state index in [-0.39, 0.29) is 30.4 Å². The van der Waals surface area contributed by atoms with Gasteiger partial charge in [0.1, 0.15) is 17.6 Å². The average molecular weight is 432 g/mol. The number of nitrogens with zero attached hydrogens (tertiary/aromatic N) is 2. The number of likely N-dealkylation sites (tertiary alicyclic amines) is 1. The molecule has 3 fully saturated rings. The number of ether oxygens (including phenoxy) is 1. The van der Waals surface area contributed by atoms with Crippen LogP contribution in [-0.2, 0) is 14.3 Å². The van der Waals surface area contributed by atoms with Gasteiger partial charge >= 0.3 is 0 Å². The summed E-state index contributed by atoms with van der Waals surface area (Å²) in [6.45, 7) is 6.65. The number of nitrogens with one attached hydrogen (secondary N) is 1. The molecule has 0 bridgehead atoms. The fourth-order valence-corrected chi connectivity index (χ4v) is 4.36. The molecule has 0 radical (unpaired) electrons. The minimum absolute atomic E-state index is 0.0554. The standard InChI is InChI=1S/C23H30FN3O4/c1-22(2,3)21(30)26-12-10-23(11-13-26)27(20(29)15-4-6-16(24)7-5-15)18(14-31-23)19(28)25-17-8-9-17/h4-7,17-18H,8-14H2,1-3H3,(H,25,28). The second-order valence-corrected chi connectivity index (χ2v) is 9.78. The molecule has 1 atom stereocenters. The zero-order valence-electron chi connectivity index (χ0n) is 18.3. The Hall–Kier alpha value is -2.48. The van der Waals surface area contributed by atoms with Crippen molar-refractivity contribution in [1.29, 1.82) is 0 Å². The zero-order chi connectivity index (χ0) is 22.4. The molecular weight excluding hydrogens is 401 g/mol. The number of carbonyl (C=O) groups is 3. The van der Waals surface area contributed by atoms with E-state index in [1.807, 2.05) is 20.8 Å². The highest BCUT2D eigenvalue weighted by Gasteiger charge is 2.54. The molecule has 1 unspecified atom stereocenters. The van der Waals surface area contributed by atoms with Crippen molar-refractivity contribution in [3.05, 3.63) is 35.6 Å². The molecule has 3 amide bonds. The SMILES string of the molecule is CC(C)(C)C(=O)N1CCC2(CC1)OCC(C(=O)NC1CC1)N2C(=O)c1ccc(F)cc1. The van der Waals surface area contributed by atoms with E-state index in [1.54, 1.807) is 4.90 Å². The van der Waals surface area contributed by atoms with Gasteiger partial charge < -0.3 is 15.0 Å². The number of hydrogen-bond donors (Lipinski definition) is 1. The number of halogens is 1. The van der Waals surface area contributed by atoms with E-state index >= 15 is 0 Å². The van der Waals surface area contributed by atoms with Crippen molar-refractivity contribution in [2.45, 2.75) is 64.3 Å². The summed E-state index contributed by atoms with van der Waals surface area (Å²) in [5, 5.41) is 2.97. The number of amides is 3. The van der Waals surface area contributed by atoms with Crippen molar-refractivity contribution in [2.24, 2.45) is 5.41 Å². The number of rotatable bonds is 3. The molecule has 31 heavy (non-hydrogen) atoms. The maximum Gasteiger partial charge on any atom is 0.256 e. The minimum Gasteiger partial charge on any atom is -0.353 e.